The number of aryl methyl sites for hydroxylation is 1. The molecule has 2 heterocycles. The molecule has 2 rings (SSSR count). The molecular formula is C14H26N4O2S. The van der Waals surface area contributed by atoms with Crippen molar-refractivity contribution in [3.05, 3.63) is 18.7 Å². The van der Waals surface area contributed by atoms with E-state index in [1.54, 1.807) is 12.5 Å². The summed E-state index contributed by atoms with van der Waals surface area (Å²) >= 11 is 0. The highest BCUT2D eigenvalue weighted by Crippen LogP contribution is 2.10. The molecule has 0 aliphatic carbocycles. The van der Waals surface area contributed by atoms with Crippen LogP contribution in [0.4, 0.5) is 0 Å². The van der Waals surface area contributed by atoms with Gasteiger partial charge >= 0.3 is 0 Å². The lowest BCUT2D eigenvalue weighted by Crippen LogP contribution is -2.37. The third-order valence-corrected chi connectivity index (χ3v) is 5.29. The number of nitrogens with one attached hydrogen (secondary N) is 2. The summed E-state index contributed by atoms with van der Waals surface area (Å²) in [7, 11) is -3.12. The number of aromatic nitrogens is 2. The maximum absolute atomic E-state index is 11.9. The van der Waals surface area contributed by atoms with Crippen LogP contribution in [-0.4, -0.2) is 42.9 Å². The molecule has 21 heavy (non-hydrogen) atoms. The fourth-order valence-corrected chi connectivity index (χ4v) is 3.80. The number of nitrogens with zero attached hydrogens (tertiary/aromatic N) is 2. The van der Waals surface area contributed by atoms with Crippen molar-refractivity contribution in [2.24, 2.45) is 0 Å². The first-order valence-corrected chi connectivity index (χ1v) is 9.47. The van der Waals surface area contributed by atoms with E-state index in [4.69, 9.17) is 0 Å². The Labute approximate surface area is 127 Å². The van der Waals surface area contributed by atoms with Gasteiger partial charge in [-0.1, -0.05) is 6.42 Å². The van der Waals surface area contributed by atoms with Crippen LogP contribution in [0.2, 0.25) is 0 Å². The molecule has 1 saturated heterocycles. The molecule has 0 saturated carbocycles. The van der Waals surface area contributed by atoms with Crippen LogP contribution in [0.5, 0.6) is 0 Å². The van der Waals surface area contributed by atoms with Gasteiger partial charge in [-0.3, -0.25) is 0 Å². The first kappa shape index (κ1) is 16.5. The predicted octanol–water partition coefficient (Wildman–Crippen LogP) is 1.11. The van der Waals surface area contributed by atoms with Crippen molar-refractivity contribution in [1.82, 2.24) is 19.6 Å². The van der Waals surface area contributed by atoms with E-state index in [2.05, 4.69) is 15.0 Å². The van der Waals surface area contributed by atoms with Crippen LogP contribution in [0.3, 0.4) is 0 Å². The third-order valence-electron chi connectivity index (χ3n) is 3.87. The minimum atomic E-state index is -3.12. The van der Waals surface area contributed by atoms with Crippen molar-refractivity contribution in [3.63, 3.8) is 0 Å². The molecule has 0 radical (unpaired) electrons. The maximum Gasteiger partial charge on any atom is 0.211 e. The Morgan fingerprint density at radius 3 is 2.95 bits per heavy atom. The van der Waals surface area contributed by atoms with Crippen molar-refractivity contribution in [1.29, 1.82) is 0 Å². The summed E-state index contributed by atoms with van der Waals surface area (Å²) < 4.78 is 28.5. The standard InChI is InChI=1S/C14H26N4O2S/c19-21(20,12-6-14-5-1-2-7-16-14)17-8-3-4-10-18-11-9-15-13-18/h9,11,13-14,16-17H,1-8,10,12H2. The Bertz CT molecular complexity index is 481. The van der Waals surface area contributed by atoms with Crippen LogP contribution in [0.15, 0.2) is 18.7 Å². The first-order valence-electron chi connectivity index (χ1n) is 7.82. The van der Waals surface area contributed by atoms with Crippen LogP contribution in [0.1, 0.15) is 38.5 Å². The Morgan fingerprint density at radius 2 is 2.24 bits per heavy atom. The van der Waals surface area contributed by atoms with E-state index in [-0.39, 0.29) is 5.75 Å². The second-order valence-corrected chi connectivity index (χ2v) is 7.58. The summed E-state index contributed by atoms with van der Waals surface area (Å²) in [5, 5.41) is 3.38. The molecule has 0 aromatic carbocycles. The van der Waals surface area contributed by atoms with Crippen LogP contribution < -0.4 is 10.0 Å². The Kier molecular flexibility index (Phi) is 6.66. The molecule has 1 aliphatic rings. The van der Waals surface area contributed by atoms with Gasteiger partial charge in [0.2, 0.25) is 10.0 Å². The number of sulfonamides is 1. The molecule has 0 bridgehead atoms. The normalized spacial score (nSPS) is 19.7. The minimum absolute atomic E-state index is 0.228. The Morgan fingerprint density at radius 1 is 1.33 bits per heavy atom. The highest BCUT2D eigenvalue weighted by atomic mass is 32.2. The lowest BCUT2D eigenvalue weighted by atomic mass is 10.0. The molecule has 1 atom stereocenters. The molecule has 0 spiro atoms. The average Bonchev–Trinajstić information content (AvgIpc) is 2.99. The topological polar surface area (TPSA) is 76.0 Å². The third kappa shape index (κ3) is 6.58. The van der Waals surface area contributed by atoms with Gasteiger partial charge in [-0.2, -0.15) is 0 Å². The summed E-state index contributed by atoms with van der Waals surface area (Å²) in [4.78, 5) is 3.97. The lowest BCUT2D eigenvalue weighted by molar-refractivity contribution is 0.392. The van der Waals surface area contributed by atoms with Crippen LogP contribution >= 0.6 is 0 Å². The van der Waals surface area contributed by atoms with Gasteiger partial charge < -0.3 is 9.88 Å². The molecule has 0 amide bonds. The van der Waals surface area contributed by atoms with Gasteiger partial charge in [0, 0.05) is 31.5 Å². The fraction of sp³-hybridized carbons (Fsp3) is 0.786. The number of imidazole rings is 1. The van der Waals surface area contributed by atoms with Gasteiger partial charge in [-0.25, -0.2) is 18.1 Å². The van der Waals surface area contributed by atoms with Crippen molar-refractivity contribution in [3.8, 4) is 0 Å². The molecular weight excluding hydrogens is 288 g/mol. The van der Waals surface area contributed by atoms with Crippen LogP contribution in [-0.2, 0) is 16.6 Å². The molecule has 7 heteroatoms. The summed E-state index contributed by atoms with van der Waals surface area (Å²) in [5.74, 6) is 0.228. The molecule has 2 N–H and O–H groups in total. The molecule has 1 aromatic rings. The molecule has 1 unspecified atom stereocenters. The Hall–Kier alpha value is -0.920. The molecule has 1 fully saturated rings. The second-order valence-electron chi connectivity index (χ2n) is 5.66. The fourth-order valence-electron chi connectivity index (χ4n) is 2.61. The van der Waals surface area contributed by atoms with E-state index in [0.29, 0.717) is 19.0 Å². The molecule has 1 aromatic heterocycles. The smallest absolute Gasteiger partial charge is 0.211 e. The van der Waals surface area contributed by atoms with Crippen molar-refractivity contribution in [2.75, 3.05) is 18.8 Å². The monoisotopic (exact) mass is 314 g/mol. The number of hydrogen-bond donors (Lipinski definition) is 2. The second kappa shape index (κ2) is 8.51. The van der Waals surface area contributed by atoms with E-state index < -0.39 is 10.0 Å². The zero-order chi connectivity index (χ0) is 15.0. The number of hydrogen-bond acceptors (Lipinski definition) is 4. The predicted molar refractivity (Wildman–Crippen MR) is 83.5 cm³/mol. The van der Waals surface area contributed by atoms with E-state index in [0.717, 1.165) is 32.4 Å². The number of piperidine rings is 1. The maximum atomic E-state index is 11.9. The largest absolute Gasteiger partial charge is 0.337 e. The van der Waals surface area contributed by atoms with Crippen molar-refractivity contribution in [2.45, 2.75) is 51.1 Å². The molecule has 120 valence electrons. The number of unbranched alkanes of at least 4 members (excludes halogenated alkanes) is 1. The summed E-state index contributed by atoms with van der Waals surface area (Å²) in [6, 6.07) is 0.372. The quantitative estimate of drug-likeness (QED) is 0.670. The first-order chi connectivity index (χ1) is 10.2. The van der Waals surface area contributed by atoms with Crippen LogP contribution in [0, 0.1) is 0 Å². The average molecular weight is 314 g/mol. The van der Waals surface area contributed by atoms with E-state index in [9.17, 15) is 8.42 Å². The van der Waals surface area contributed by atoms with E-state index in [1.165, 1.54) is 12.8 Å². The van der Waals surface area contributed by atoms with Gasteiger partial charge in [0.25, 0.3) is 0 Å². The van der Waals surface area contributed by atoms with Gasteiger partial charge in [-0.15, -0.1) is 0 Å². The SMILES string of the molecule is O=S(=O)(CCC1CCCCN1)NCCCCn1ccnc1. The summed E-state index contributed by atoms with van der Waals surface area (Å²) in [6.45, 7) is 2.43. The van der Waals surface area contributed by atoms with Gasteiger partial charge in [-0.05, 0) is 38.6 Å². The highest BCUT2D eigenvalue weighted by molar-refractivity contribution is 7.89. The van der Waals surface area contributed by atoms with Crippen molar-refractivity contribution >= 4 is 10.0 Å². The Balaban J connectivity index is 1.55. The van der Waals surface area contributed by atoms with Gasteiger partial charge in [0.05, 0.1) is 12.1 Å². The van der Waals surface area contributed by atoms with Gasteiger partial charge in [0.15, 0.2) is 0 Å². The highest BCUT2D eigenvalue weighted by Gasteiger charge is 2.16. The minimum Gasteiger partial charge on any atom is -0.337 e. The summed E-state index contributed by atoms with van der Waals surface area (Å²) in [5.41, 5.74) is 0. The summed E-state index contributed by atoms with van der Waals surface area (Å²) in [6.07, 6.45) is 11.5. The van der Waals surface area contributed by atoms with Crippen molar-refractivity contribution < 1.29 is 8.42 Å². The molecule has 1 aliphatic heterocycles. The molecule has 6 nitrogen and oxygen atoms in total. The van der Waals surface area contributed by atoms with E-state index in [1.807, 2.05) is 10.8 Å². The zero-order valence-corrected chi connectivity index (χ0v) is 13.3. The van der Waals surface area contributed by atoms with E-state index >= 15 is 0 Å². The lowest BCUT2D eigenvalue weighted by Gasteiger charge is -2.23. The van der Waals surface area contributed by atoms with Gasteiger partial charge in [0.1, 0.15) is 0 Å². The zero-order valence-electron chi connectivity index (χ0n) is 12.5. The van der Waals surface area contributed by atoms with Crippen LogP contribution in [0.25, 0.3) is 0 Å². The number of rotatable bonds is 9.